The van der Waals surface area contributed by atoms with E-state index in [0.717, 1.165) is 5.69 Å². The summed E-state index contributed by atoms with van der Waals surface area (Å²) in [6.45, 7) is 0.592. The molecule has 2 aromatic heterocycles. The van der Waals surface area contributed by atoms with Crippen LogP contribution in [0.4, 0.5) is 0 Å². The van der Waals surface area contributed by atoms with E-state index >= 15 is 0 Å². The van der Waals surface area contributed by atoms with Crippen LogP contribution in [0.2, 0.25) is 0 Å². The zero-order valence-corrected chi connectivity index (χ0v) is 7.54. The third-order valence-corrected chi connectivity index (χ3v) is 1.82. The minimum absolute atomic E-state index is 0.0343. The molecule has 0 fully saturated rings. The highest BCUT2D eigenvalue weighted by Crippen LogP contribution is 2.00. The van der Waals surface area contributed by atoms with Crippen molar-refractivity contribution < 1.29 is 5.11 Å². The zero-order chi connectivity index (χ0) is 9.80. The predicted octanol–water partition coefficient (Wildman–Crippen LogP) is 0.214. The molecular weight excluding hydrogens is 180 g/mol. The van der Waals surface area contributed by atoms with Gasteiger partial charge in [0.15, 0.2) is 0 Å². The van der Waals surface area contributed by atoms with Crippen LogP contribution in [0, 0.1) is 0 Å². The summed E-state index contributed by atoms with van der Waals surface area (Å²) in [6, 6.07) is 3.73. The van der Waals surface area contributed by atoms with Crippen LogP contribution in [0.5, 0.6) is 0 Å². The lowest BCUT2D eigenvalue weighted by Gasteiger charge is -1.98. The second kappa shape index (κ2) is 3.97. The van der Waals surface area contributed by atoms with E-state index in [-0.39, 0.29) is 6.61 Å². The Morgan fingerprint density at radius 3 is 2.93 bits per heavy atom. The molecule has 72 valence electrons. The molecule has 0 unspecified atom stereocenters. The summed E-state index contributed by atoms with van der Waals surface area (Å²) in [5.74, 6) is 0. The molecule has 0 aliphatic rings. The molecule has 2 rings (SSSR count). The van der Waals surface area contributed by atoms with Crippen LogP contribution in [0.1, 0.15) is 11.4 Å². The van der Waals surface area contributed by atoms with Crippen LogP contribution in [0.15, 0.2) is 30.9 Å². The maximum Gasteiger partial charge on any atom is 0.0954 e. The maximum atomic E-state index is 8.81. The van der Waals surface area contributed by atoms with Gasteiger partial charge in [0, 0.05) is 12.4 Å². The largest absolute Gasteiger partial charge is 0.390 e. The average Bonchev–Trinajstić information content (AvgIpc) is 2.67. The molecule has 5 nitrogen and oxygen atoms in total. The smallest absolute Gasteiger partial charge is 0.0954 e. The lowest BCUT2D eigenvalue weighted by molar-refractivity contribution is 0.277. The van der Waals surface area contributed by atoms with Crippen molar-refractivity contribution in [1.29, 1.82) is 0 Å². The predicted molar refractivity (Wildman–Crippen MR) is 49.3 cm³/mol. The molecule has 2 aromatic rings. The van der Waals surface area contributed by atoms with Crippen molar-refractivity contribution in [2.75, 3.05) is 0 Å². The Hall–Kier alpha value is -1.75. The quantitative estimate of drug-likeness (QED) is 0.751. The van der Waals surface area contributed by atoms with Crippen LogP contribution in [-0.2, 0) is 13.2 Å². The van der Waals surface area contributed by atoms with E-state index in [1.165, 1.54) is 0 Å². The fourth-order valence-corrected chi connectivity index (χ4v) is 1.18. The van der Waals surface area contributed by atoms with Crippen LogP contribution in [0.3, 0.4) is 0 Å². The Morgan fingerprint density at radius 1 is 1.36 bits per heavy atom. The van der Waals surface area contributed by atoms with Crippen LogP contribution in [0.25, 0.3) is 0 Å². The van der Waals surface area contributed by atoms with Gasteiger partial charge in [0.1, 0.15) is 0 Å². The van der Waals surface area contributed by atoms with Gasteiger partial charge in [0.2, 0.25) is 0 Å². The van der Waals surface area contributed by atoms with Crippen molar-refractivity contribution in [3.63, 3.8) is 0 Å². The second-order valence-corrected chi connectivity index (χ2v) is 2.91. The lowest BCUT2D eigenvalue weighted by atomic mass is 10.4. The van der Waals surface area contributed by atoms with Gasteiger partial charge in [0.25, 0.3) is 0 Å². The van der Waals surface area contributed by atoms with Gasteiger partial charge in [-0.2, -0.15) is 10.2 Å². The fraction of sp³-hybridized carbons (Fsp3) is 0.222. The normalized spacial score (nSPS) is 10.4. The monoisotopic (exact) mass is 190 g/mol. The van der Waals surface area contributed by atoms with Crippen molar-refractivity contribution in [3.05, 3.63) is 42.2 Å². The summed E-state index contributed by atoms with van der Waals surface area (Å²) < 4.78 is 1.86. The van der Waals surface area contributed by atoms with Crippen LogP contribution < -0.4 is 0 Å². The highest BCUT2D eigenvalue weighted by Gasteiger charge is 1.98. The molecule has 0 atom stereocenters. The minimum atomic E-state index is -0.0343. The second-order valence-electron chi connectivity index (χ2n) is 2.91. The molecule has 5 heteroatoms. The first kappa shape index (κ1) is 8.83. The Labute approximate surface area is 81.1 Å². The lowest BCUT2D eigenvalue weighted by Crippen LogP contribution is -1.99. The van der Waals surface area contributed by atoms with Gasteiger partial charge in [-0.1, -0.05) is 0 Å². The van der Waals surface area contributed by atoms with Crippen molar-refractivity contribution >= 4 is 0 Å². The molecule has 0 aliphatic heterocycles. The van der Waals surface area contributed by atoms with E-state index in [0.29, 0.717) is 12.2 Å². The highest BCUT2D eigenvalue weighted by molar-refractivity contribution is 5.02. The van der Waals surface area contributed by atoms with Crippen molar-refractivity contribution in [2.24, 2.45) is 0 Å². The number of rotatable bonds is 3. The number of aliphatic hydroxyl groups excluding tert-OH is 1. The van der Waals surface area contributed by atoms with Crippen LogP contribution in [-0.4, -0.2) is 24.9 Å². The van der Waals surface area contributed by atoms with Crippen LogP contribution >= 0.6 is 0 Å². The molecule has 1 N–H and O–H groups in total. The topological polar surface area (TPSA) is 63.8 Å². The molecule has 0 aromatic carbocycles. The zero-order valence-electron chi connectivity index (χ0n) is 7.54. The van der Waals surface area contributed by atoms with E-state index < -0.39 is 0 Å². The molecule has 0 bridgehead atoms. The minimum Gasteiger partial charge on any atom is -0.390 e. The van der Waals surface area contributed by atoms with Gasteiger partial charge >= 0.3 is 0 Å². The molecule has 14 heavy (non-hydrogen) atoms. The number of aromatic nitrogens is 4. The first-order valence-electron chi connectivity index (χ1n) is 4.26. The summed E-state index contributed by atoms with van der Waals surface area (Å²) >= 11 is 0. The fourth-order valence-electron chi connectivity index (χ4n) is 1.18. The molecular formula is C9H10N4O. The van der Waals surface area contributed by atoms with Gasteiger partial charge in [-0.3, -0.25) is 0 Å². The first-order valence-corrected chi connectivity index (χ1v) is 4.26. The van der Waals surface area contributed by atoms with Gasteiger partial charge in [-0.25, -0.2) is 4.98 Å². The number of aliphatic hydroxyl groups is 1. The number of hydrogen-bond acceptors (Lipinski definition) is 4. The molecule has 0 saturated carbocycles. The van der Waals surface area contributed by atoms with E-state index in [4.69, 9.17) is 5.11 Å². The van der Waals surface area contributed by atoms with Gasteiger partial charge in [-0.05, 0) is 12.1 Å². The molecule has 0 spiro atoms. The van der Waals surface area contributed by atoms with Gasteiger partial charge in [0.05, 0.1) is 30.9 Å². The number of hydrogen-bond donors (Lipinski definition) is 1. The van der Waals surface area contributed by atoms with Crippen molar-refractivity contribution in [3.8, 4) is 0 Å². The molecule has 0 radical (unpaired) electrons. The van der Waals surface area contributed by atoms with Crippen molar-refractivity contribution in [1.82, 2.24) is 19.7 Å². The Morgan fingerprint density at radius 2 is 2.29 bits per heavy atom. The number of imidazole rings is 1. The standard InChI is InChI=1S/C9H10N4O/c14-6-9-5-13(7-10-9)4-8-2-1-3-11-12-8/h1-3,5,7,14H,4,6H2. The molecule has 0 aliphatic carbocycles. The third kappa shape index (κ3) is 1.94. The summed E-state index contributed by atoms with van der Waals surface area (Å²) in [7, 11) is 0. The first-order chi connectivity index (χ1) is 6.88. The highest BCUT2D eigenvalue weighted by atomic mass is 16.3. The van der Waals surface area contributed by atoms with E-state index in [9.17, 15) is 0 Å². The Bertz CT molecular complexity index is 398. The average molecular weight is 190 g/mol. The van der Waals surface area contributed by atoms with E-state index in [1.807, 2.05) is 16.7 Å². The summed E-state index contributed by atoms with van der Waals surface area (Å²) in [5, 5.41) is 16.5. The SMILES string of the molecule is OCc1cn(Cc2cccnn2)cn1. The van der Waals surface area contributed by atoms with Gasteiger partial charge < -0.3 is 9.67 Å². The molecule has 0 amide bonds. The maximum absolute atomic E-state index is 8.81. The van der Waals surface area contributed by atoms with E-state index in [1.54, 1.807) is 18.7 Å². The number of nitrogens with zero attached hydrogens (tertiary/aromatic N) is 4. The third-order valence-electron chi connectivity index (χ3n) is 1.82. The Kier molecular flexibility index (Phi) is 2.51. The molecule has 0 saturated heterocycles. The summed E-state index contributed by atoms with van der Waals surface area (Å²) in [4.78, 5) is 4.00. The van der Waals surface area contributed by atoms with E-state index in [2.05, 4.69) is 15.2 Å². The summed E-state index contributed by atoms with van der Waals surface area (Å²) in [6.07, 6.45) is 5.09. The van der Waals surface area contributed by atoms with Gasteiger partial charge in [-0.15, -0.1) is 0 Å². The molecule has 2 heterocycles. The Balaban J connectivity index is 2.11. The van der Waals surface area contributed by atoms with Crippen molar-refractivity contribution in [2.45, 2.75) is 13.2 Å². The summed E-state index contributed by atoms with van der Waals surface area (Å²) in [5.41, 5.74) is 1.53.